The number of aromatic nitrogens is 3. The number of hydrogen-bond acceptors (Lipinski definition) is 3. The lowest BCUT2D eigenvalue weighted by Crippen LogP contribution is -2.13. The first-order valence-corrected chi connectivity index (χ1v) is 4.44. The van der Waals surface area contributed by atoms with Crippen LogP contribution in [0.15, 0.2) is 0 Å². The van der Waals surface area contributed by atoms with Gasteiger partial charge in [-0.1, -0.05) is 6.92 Å². The Kier molecular flexibility index (Phi) is 2.80. The number of nitrogens with zero attached hydrogens (tertiary/aromatic N) is 3. The van der Waals surface area contributed by atoms with Crippen LogP contribution in [-0.2, 0) is 11.8 Å². The molecule has 1 heterocycles. The van der Waals surface area contributed by atoms with Crippen molar-refractivity contribution >= 4 is 5.78 Å². The van der Waals surface area contributed by atoms with Crippen molar-refractivity contribution in [1.82, 2.24) is 14.8 Å². The molecule has 1 rings (SSSR count). The van der Waals surface area contributed by atoms with Crippen LogP contribution in [0.1, 0.15) is 37.8 Å². The van der Waals surface area contributed by atoms with E-state index in [2.05, 4.69) is 10.2 Å². The van der Waals surface area contributed by atoms with Crippen molar-refractivity contribution in [2.24, 2.45) is 7.05 Å². The minimum Gasteiger partial charge on any atom is -0.318 e. The molecule has 4 nitrogen and oxygen atoms in total. The second-order valence-corrected chi connectivity index (χ2v) is 3.24. The fraction of sp³-hybridized carbons (Fsp3) is 0.667. The van der Waals surface area contributed by atoms with E-state index in [1.807, 2.05) is 25.5 Å². The van der Waals surface area contributed by atoms with Crippen molar-refractivity contribution < 1.29 is 4.79 Å². The summed E-state index contributed by atoms with van der Waals surface area (Å²) in [7, 11) is 1.89. The van der Waals surface area contributed by atoms with Crippen LogP contribution in [0.2, 0.25) is 0 Å². The molecule has 0 bridgehead atoms. The minimum atomic E-state index is -0.105. The highest BCUT2D eigenvalue weighted by Crippen LogP contribution is 2.18. The van der Waals surface area contributed by atoms with Gasteiger partial charge in [0.1, 0.15) is 17.4 Å². The normalized spacial score (nSPS) is 12.9. The first-order valence-electron chi connectivity index (χ1n) is 4.44. The van der Waals surface area contributed by atoms with Crippen molar-refractivity contribution in [3.63, 3.8) is 0 Å². The van der Waals surface area contributed by atoms with Gasteiger partial charge in [-0.2, -0.15) is 0 Å². The summed E-state index contributed by atoms with van der Waals surface area (Å²) in [6.07, 6.45) is 0.779. The van der Waals surface area contributed by atoms with E-state index in [4.69, 9.17) is 0 Å². The Bertz CT molecular complexity index is 317. The fourth-order valence-electron chi connectivity index (χ4n) is 1.38. The van der Waals surface area contributed by atoms with E-state index in [1.54, 1.807) is 6.92 Å². The van der Waals surface area contributed by atoms with Gasteiger partial charge in [-0.25, -0.2) is 0 Å². The van der Waals surface area contributed by atoms with Crippen LogP contribution < -0.4 is 0 Å². The van der Waals surface area contributed by atoms with Crippen LogP contribution in [0.3, 0.4) is 0 Å². The smallest absolute Gasteiger partial charge is 0.143 e. The van der Waals surface area contributed by atoms with Crippen LogP contribution in [0.25, 0.3) is 0 Å². The molecular weight excluding hydrogens is 166 g/mol. The number of ketones is 1. The second kappa shape index (κ2) is 3.68. The summed E-state index contributed by atoms with van der Waals surface area (Å²) < 4.78 is 1.87. The third-order valence-electron chi connectivity index (χ3n) is 2.34. The molecule has 0 N–H and O–H groups in total. The van der Waals surface area contributed by atoms with Gasteiger partial charge in [0.25, 0.3) is 0 Å². The molecule has 0 aliphatic carbocycles. The summed E-state index contributed by atoms with van der Waals surface area (Å²) in [6.45, 7) is 5.46. The number of rotatable bonds is 3. The Balaban J connectivity index is 3.05. The maximum atomic E-state index is 11.3. The standard InChI is InChI=1S/C9H15N3O/c1-5-8(6(2)13)9-11-10-7(3)12(9)4/h8H,5H2,1-4H3. The van der Waals surface area contributed by atoms with Crippen LogP contribution in [0, 0.1) is 6.92 Å². The first-order chi connectivity index (χ1) is 6.07. The molecule has 0 saturated heterocycles. The Morgan fingerprint density at radius 2 is 2.15 bits per heavy atom. The molecule has 0 saturated carbocycles. The first kappa shape index (κ1) is 9.89. The molecule has 0 fully saturated rings. The van der Waals surface area contributed by atoms with Gasteiger partial charge in [0, 0.05) is 7.05 Å². The Labute approximate surface area is 78.0 Å². The summed E-state index contributed by atoms with van der Waals surface area (Å²) >= 11 is 0. The molecule has 13 heavy (non-hydrogen) atoms. The fourth-order valence-corrected chi connectivity index (χ4v) is 1.38. The largest absolute Gasteiger partial charge is 0.318 e. The maximum absolute atomic E-state index is 11.3. The van der Waals surface area contributed by atoms with Crippen LogP contribution >= 0.6 is 0 Å². The number of aryl methyl sites for hydroxylation is 1. The van der Waals surface area contributed by atoms with E-state index in [9.17, 15) is 4.79 Å². The van der Waals surface area contributed by atoms with E-state index in [0.29, 0.717) is 0 Å². The molecule has 72 valence electrons. The van der Waals surface area contributed by atoms with E-state index >= 15 is 0 Å². The van der Waals surface area contributed by atoms with Gasteiger partial charge in [-0.3, -0.25) is 4.79 Å². The summed E-state index contributed by atoms with van der Waals surface area (Å²) in [6, 6.07) is 0. The Hall–Kier alpha value is -1.19. The number of carbonyl (C=O) groups is 1. The summed E-state index contributed by atoms with van der Waals surface area (Å²) in [5, 5.41) is 7.93. The SMILES string of the molecule is CCC(C(C)=O)c1nnc(C)n1C. The van der Waals surface area contributed by atoms with Gasteiger partial charge < -0.3 is 4.57 Å². The maximum Gasteiger partial charge on any atom is 0.143 e. The molecule has 1 aromatic heterocycles. The zero-order chi connectivity index (χ0) is 10.0. The molecule has 1 atom stereocenters. The van der Waals surface area contributed by atoms with E-state index in [-0.39, 0.29) is 11.7 Å². The van der Waals surface area contributed by atoms with Crippen molar-refractivity contribution in [2.45, 2.75) is 33.1 Å². The summed E-state index contributed by atoms with van der Waals surface area (Å²) in [4.78, 5) is 11.3. The van der Waals surface area contributed by atoms with Crippen molar-refractivity contribution in [1.29, 1.82) is 0 Å². The highest BCUT2D eigenvalue weighted by atomic mass is 16.1. The summed E-state index contributed by atoms with van der Waals surface area (Å²) in [5.41, 5.74) is 0. The predicted molar refractivity (Wildman–Crippen MR) is 49.5 cm³/mol. The van der Waals surface area contributed by atoms with Crippen LogP contribution in [-0.4, -0.2) is 20.5 Å². The molecule has 0 spiro atoms. The van der Waals surface area contributed by atoms with E-state index in [1.165, 1.54) is 0 Å². The topological polar surface area (TPSA) is 47.8 Å². The zero-order valence-corrected chi connectivity index (χ0v) is 8.53. The Morgan fingerprint density at radius 1 is 1.54 bits per heavy atom. The molecule has 1 unspecified atom stereocenters. The highest BCUT2D eigenvalue weighted by molar-refractivity contribution is 5.82. The monoisotopic (exact) mass is 181 g/mol. The number of Topliss-reactive ketones (excluding diaryl/α,β-unsaturated/α-hetero) is 1. The lowest BCUT2D eigenvalue weighted by molar-refractivity contribution is -0.118. The number of hydrogen-bond donors (Lipinski definition) is 0. The van der Waals surface area contributed by atoms with Gasteiger partial charge in [0.15, 0.2) is 0 Å². The average Bonchev–Trinajstić information content (AvgIpc) is 2.37. The quantitative estimate of drug-likeness (QED) is 0.704. The summed E-state index contributed by atoms with van der Waals surface area (Å²) in [5.74, 6) is 1.66. The molecule has 0 aliphatic rings. The zero-order valence-electron chi connectivity index (χ0n) is 8.53. The lowest BCUT2D eigenvalue weighted by atomic mass is 10.0. The molecule has 0 aliphatic heterocycles. The van der Waals surface area contributed by atoms with Gasteiger partial charge >= 0.3 is 0 Å². The highest BCUT2D eigenvalue weighted by Gasteiger charge is 2.20. The van der Waals surface area contributed by atoms with E-state index < -0.39 is 0 Å². The molecule has 0 aromatic carbocycles. The molecule has 4 heteroatoms. The van der Waals surface area contributed by atoms with Crippen molar-refractivity contribution in [3.05, 3.63) is 11.6 Å². The van der Waals surface area contributed by atoms with Crippen molar-refractivity contribution in [3.8, 4) is 0 Å². The van der Waals surface area contributed by atoms with Gasteiger partial charge in [0.05, 0.1) is 5.92 Å². The van der Waals surface area contributed by atoms with E-state index in [0.717, 1.165) is 18.1 Å². The van der Waals surface area contributed by atoms with Gasteiger partial charge in [0.2, 0.25) is 0 Å². The predicted octanol–water partition coefficient (Wildman–Crippen LogP) is 1.21. The lowest BCUT2D eigenvalue weighted by Gasteiger charge is -2.09. The number of carbonyl (C=O) groups excluding carboxylic acids is 1. The third-order valence-corrected chi connectivity index (χ3v) is 2.34. The third kappa shape index (κ3) is 1.76. The van der Waals surface area contributed by atoms with Gasteiger partial charge in [-0.15, -0.1) is 10.2 Å². The second-order valence-electron chi connectivity index (χ2n) is 3.24. The molecular formula is C9H15N3O. The molecule has 1 aromatic rings. The Morgan fingerprint density at radius 3 is 2.46 bits per heavy atom. The molecule has 0 amide bonds. The molecule has 0 radical (unpaired) electrons. The van der Waals surface area contributed by atoms with Gasteiger partial charge in [-0.05, 0) is 20.3 Å². The average molecular weight is 181 g/mol. The van der Waals surface area contributed by atoms with Crippen LogP contribution in [0.5, 0.6) is 0 Å². The minimum absolute atomic E-state index is 0.105. The van der Waals surface area contributed by atoms with Crippen LogP contribution in [0.4, 0.5) is 0 Å². The van der Waals surface area contributed by atoms with Crippen molar-refractivity contribution in [2.75, 3.05) is 0 Å².